The Hall–Kier alpha value is -1.69. The van der Waals surface area contributed by atoms with Gasteiger partial charge in [0.15, 0.2) is 0 Å². The first-order chi connectivity index (χ1) is 10.5. The molecule has 0 bridgehead atoms. The van der Waals surface area contributed by atoms with E-state index in [1.165, 1.54) is 11.3 Å². The van der Waals surface area contributed by atoms with Gasteiger partial charge < -0.3 is 14.9 Å². The quantitative estimate of drug-likeness (QED) is 0.904. The third kappa shape index (κ3) is 2.79. The number of fused-ring (bicyclic) bond motifs is 2. The van der Waals surface area contributed by atoms with Crippen LogP contribution in [-0.4, -0.2) is 59.7 Å². The third-order valence-electron chi connectivity index (χ3n) is 4.92. The summed E-state index contributed by atoms with van der Waals surface area (Å²) in [6.45, 7) is 2.56. The van der Waals surface area contributed by atoms with Gasteiger partial charge in [-0.2, -0.15) is 0 Å². The minimum atomic E-state index is -0.719. The standard InChI is InChI=1S/C16H24N4O2/c1-19(2)15-17-10-12-4-7-16(14(12)18-15)6-3-8-20(11-16)9-5-13(21)22/h10H,3-9,11H2,1-2H3,(H,21,22). The van der Waals surface area contributed by atoms with Gasteiger partial charge >= 0.3 is 5.97 Å². The monoisotopic (exact) mass is 304 g/mol. The maximum Gasteiger partial charge on any atom is 0.304 e. The highest BCUT2D eigenvalue weighted by Crippen LogP contribution is 2.44. The number of piperidine rings is 1. The molecule has 0 saturated carbocycles. The van der Waals surface area contributed by atoms with Crippen molar-refractivity contribution in [3.05, 3.63) is 17.5 Å². The number of carboxylic acid groups (broad SMARTS) is 1. The molecule has 1 aliphatic carbocycles. The molecule has 1 aromatic heterocycles. The number of hydrogen-bond donors (Lipinski definition) is 1. The molecule has 1 fully saturated rings. The largest absolute Gasteiger partial charge is 0.481 e. The van der Waals surface area contributed by atoms with E-state index in [-0.39, 0.29) is 11.8 Å². The van der Waals surface area contributed by atoms with Crippen LogP contribution in [0, 0.1) is 0 Å². The zero-order valence-corrected chi connectivity index (χ0v) is 13.4. The van der Waals surface area contributed by atoms with Crippen LogP contribution in [0.5, 0.6) is 0 Å². The molecule has 0 aromatic carbocycles. The Kier molecular flexibility index (Phi) is 4.04. The number of aliphatic carboxylic acids is 1. The van der Waals surface area contributed by atoms with Crippen LogP contribution >= 0.6 is 0 Å². The van der Waals surface area contributed by atoms with E-state index < -0.39 is 5.97 Å². The number of carboxylic acids is 1. The number of hydrogen-bond acceptors (Lipinski definition) is 5. The average Bonchev–Trinajstić information content (AvgIpc) is 2.83. The molecule has 1 aliphatic heterocycles. The van der Waals surface area contributed by atoms with Gasteiger partial charge in [-0.3, -0.25) is 4.79 Å². The summed E-state index contributed by atoms with van der Waals surface area (Å²) in [5.74, 6) is 0.0475. The highest BCUT2D eigenvalue weighted by atomic mass is 16.4. The van der Waals surface area contributed by atoms with Crippen molar-refractivity contribution in [1.82, 2.24) is 14.9 Å². The maximum absolute atomic E-state index is 10.8. The number of nitrogens with zero attached hydrogens (tertiary/aromatic N) is 4. The lowest BCUT2D eigenvalue weighted by Crippen LogP contribution is -2.46. The number of anilines is 1. The summed E-state index contributed by atoms with van der Waals surface area (Å²) in [7, 11) is 3.92. The summed E-state index contributed by atoms with van der Waals surface area (Å²) in [6, 6.07) is 0. The van der Waals surface area contributed by atoms with Gasteiger partial charge in [0.1, 0.15) is 0 Å². The Morgan fingerprint density at radius 2 is 2.27 bits per heavy atom. The van der Waals surface area contributed by atoms with Gasteiger partial charge in [0.25, 0.3) is 0 Å². The summed E-state index contributed by atoms with van der Waals surface area (Å²) in [6.07, 6.45) is 6.60. The van der Waals surface area contributed by atoms with Gasteiger partial charge in [0.05, 0.1) is 12.1 Å². The van der Waals surface area contributed by atoms with Crippen molar-refractivity contribution in [2.24, 2.45) is 0 Å². The molecule has 6 heteroatoms. The van der Waals surface area contributed by atoms with Crippen LogP contribution in [0.1, 0.15) is 36.9 Å². The van der Waals surface area contributed by atoms with Crippen LogP contribution in [0.4, 0.5) is 5.95 Å². The van der Waals surface area contributed by atoms with Gasteiger partial charge in [-0.15, -0.1) is 0 Å². The van der Waals surface area contributed by atoms with Crippen LogP contribution in [0.3, 0.4) is 0 Å². The molecule has 2 heterocycles. The van der Waals surface area contributed by atoms with Crippen LogP contribution in [0.25, 0.3) is 0 Å². The smallest absolute Gasteiger partial charge is 0.304 e. The Labute approximate surface area is 131 Å². The molecule has 22 heavy (non-hydrogen) atoms. The van der Waals surface area contributed by atoms with Crippen LogP contribution < -0.4 is 4.90 Å². The van der Waals surface area contributed by atoms with E-state index >= 15 is 0 Å². The fourth-order valence-corrected chi connectivity index (χ4v) is 3.82. The van der Waals surface area contributed by atoms with Crippen LogP contribution in [0.2, 0.25) is 0 Å². The molecule has 0 amide bonds. The van der Waals surface area contributed by atoms with Crippen molar-refractivity contribution in [2.45, 2.75) is 37.5 Å². The molecule has 2 aliphatic rings. The summed E-state index contributed by atoms with van der Waals surface area (Å²) in [4.78, 5) is 24.3. The summed E-state index contributed by atoms with van der Waals surface area (Å²) < 4.78 is 0. The number of rotatable bonds is 4. The SMILES string of the molecule is CN(C)c1ncc2c(n1)C1(CCCN(CCC(=O)O)C1)CC2. The van der Waals surface area contributed by atoms with Gasteiger partial charge in [-0.1, -0.05) is 0 Å². The minimum absolute atomic E-state index is 0.0970. The van der Waals surface area contributed by atoms with Gasteiger partial charge in [0.2, 0.25) is 5.95 Å². The van der Waals surface area contributed by atoms with Gasteiger partial charge in [0, 0.05) is 38.8 Å². The Morgan fingerprint density at radius 3 is 3.00 bits per heavy atom. The third-order valence-corrected chi connectivity index (χ3v) is 4.92. The van der Waals surface area contributed by atoms with E-state index in [0.717, 1.165) is 44.7 Å². The predicted octanol–water partition coefficient (Wildman–Crippen LogP) is 1.30. The summed E-state index contributed by atoms with van der Waals surface area (Å²) >= 11 is 0. The molecule has 120 valence electrons. The van der Waals surface area contributed by atoms with Crippen molar-refractivity contribution in [3.8, 4) is 0 Å². The van der Waals surface area contributed by atoms with E-state index in [1.807, 2.05) is 25.2 Å². The Bertz CT molecular complexity index is 571. The molecular formula is C16H24N4O2. The Balaban J connectivity index is 1.83. The van der Waals surface area contributed by atoms with Crippen molar-refractivity contribution in [1.29, 1.82) is 0 Å². The van der Waals surface area contributed by atoms with Crippen LogP contribution in [-0.2, 0) is 16.6 Å². The van der Waals surface area contributed by atoms with Gasteiger partial charge in [-0.05, 0) is 37.8 Å². The van der Waals surface area contributed by atoms with E-state index in [2.05, 4.69) is 9.88 Å². The Morgan fingerprint density at radius 1 is 1.45 bits per heavy atom. The van der Waals surface area contributed by atoms with Crippen molar-refractivity contribution in [3.63, 3.8) is 0 Å². The van der Waals surface area contributed by atoms with Crippen molar-refractivity contribution >= 4 is 11.9 Å². The lowest BCUT2D eigenvalue weighted by atomic mass is 9.77. The fraction of sp³-hybridized carbons (Fsp3) is 0.688. The molecule has 1 spiro atoms. The lowest BCUT2D eigenvalue weighted by molar-refractivity contribution is -0.137. The molecular weight excluding hydrogens is 280 g/mol. The van der Waals surface area contributed by atoms with E-state index in [9.17, 15) is 4.79 Å². The molecule has 1 aromatic rings. The highest BCUT2D eigenvalue weighted by Gasteiger charge is 2.43. The molecule has 1 atom stereocenters. The van der Waals surface area contributed by atoms with E-state index in [1.54, 1.807) is 0 Å². The predicted molar refractivity (Wildman–Crippen MR) is 84.3 cm³/mol. The molecule has 6 nitrogen and oxygen atoms in total. The number of likely N-dealkylation sites (tertiary alicyclic amines) is 1. The molecule has 1 N–H and O–H groups in total. The second kappa shape index (κ2) is 5.83. The number of carbonyl (C=O) groups is 1. The zero-order valence-electron chi connectivity index (χ0n) is 13.4. The van der Waals surface area contributed by atoms with Crippen molar-refractivity contribution < 1.29 is 9.90 Å². The number of aromatic nitrogens is 2. The zero-order chi connectivity index (χ0) is 15.7. The fourth-order valence-electron chi connectivity index (χ4n) is 3.82. The van der Waals surface area contributed by atoms with Crippen molar-refractivity contribution in [2.75, 3.05) is 38.6 Å². The van der Waals surface area contributed by atoms with Crippen LogP contribution in [0.15, 0.2) is 6.20 Å². The van der Waals surface area contributed by atoms with Gasteiger partial charge in [-0.25, -0.2) is 9.97 Å². The molecule has 1 unspecified atom stereocenters. The topological polar surface area (TPSA) is 69.6 Å². The molecule has 1 saturated heterocycles. The average molecular weight is 304 g/mol. The molecule has 0 radical (unpaired) electrons. The van der Waals surface area contributed by atoms with E-state index in [4.69, 9.17) is 10.1 Å². The first-order valence-electron chi connectivity index (χ1n) is 7.98. The first-order valence-corrected chi connectivity index (χ1v) is 7.98. The minimum Gasteiger partial charge on any atom is -0.481 e. The van der Waals surface area contributed by atoms with E-state index in [0.29, 0.717) is 6.54 Å². The highest BCUT2D eigenvalue weighted by molar-refractivity contribution is 5.66. The number of aryl methyl sites for hydroxylation is 1. The molecule has 3 rings (SSSR count). The summed E-state index contributed by atoms with van der Waals surface area (Å²) in [5.41, 5.74) is 2.57. The normalized spacial score (nSPS) is 24.5. The maximum atomic E-state index is 10.8. The first kappa shape index (κ1) is 15.2. The second-order valence-corrected chi connectivity index (χ2v) is 6.74. The second-order valence-electron chi connectivity index (χ2n) is 6.74. The summed E-state index contributed by atoms with van der Waals surface area (Å²) in [5, 5.41) is 8.90. The lowest BCUT2D eigenvalue weighted by Gasteiger charge is -2.40.